The molecule has 2 rings (SSSR count). The van der Waals surface area contributed by atoms with E-state index in [1.165, 1.54) is 4.90 Å². The summed E-state index contributed by atoms with van der Waals surface area (Å²) in [6.07, 6.45) is 1.75. The Morgan fingerprint density at radius 1 is 1.24 bits per heavy atom. The first kappa shape index (κ1) is 15.6. The minimum atomic E-state index is -4.27. The van der Waals surface area contributed by atoms with Crippen LogP contribution in [-0.2, 0) is 14.8 Å². The molecule has 1 aromatic rings. The zero-order valence-corrected chi connectivity index (χ0v) is 11.9. The summed E-state index contributed by atoms with van der Waals surface area (Å²) < 4.78 is 52.4. The minimum Gasteiger partial charge on any atom is -0.396 e. The highest BCUT2D eigenvalue weighted by Gasteiger charge is 2.24. The van der Waals surface area contributed by atoms with Crippen LogP contribution in [0, 0.1) is 11.6 Å². The van der Waals surface area contributed by atoms with Gasteiger partial charge in [0.2, 0.25) is 15.9 Å². The van der Waals surface area contributed by atoms with Gasteiger partial charge in [-0.2, -0.15) is 0 Å². The molecule has 0 bridgehead atoms. The lowest BCUT2D eigenvalue weighted by atomic mass is 10.3. The van der Waals surface area contributed by atoms with E-state index >= 15 is 0 Å². The third kappa shape index (κ3) is 3.48. The average molecular weight is 319 g/mol. The molecule has 1 heterocycles. The number of sulfonamides is 1. The molecule has 0 unspecified atom stereocenters. The molecule has 1 saturated heterocycles. The lowest BCUT2D eigenvalue weighted by Gasteiger charge is -2.15. The summed E-state index contributed by atoms with van der Waals surface area (Å²) in [7, 11) is -4.27. The van der Waals surface area contributed by atoms with Crippen molar-refractivity contribution in [3.05, 3.63) is 23.8 Å². The van der Waals surface area contributed by atoms with Gasteiger partial charge in [0.25, 0.3) is 0 Å². The van der Waals surface area contributed by atoms with Crippen LogP contribution in [0.5, 0.6) is 0 Å². The second-order valence-corrected chi connectivity index (χ2v) is 6.45. The van der Waals surface area contributed by atoms with Crippen molar-refractivity contribution in [3.63, 3.8) is 0 Å². The first-order valence-corrected chi connectivity index (χ1v) is 7.81. The van der Waals surface area contributed by atoms with E-state index in [1.807, 2.05) is 4.72 Å². The van der Waals surface area contributed by atoms with E-state index in [0.29, 0.717) is 25.2 Å². The SMILES string of the molecule is Nc1cc(S(=O)(=O)NCC(=O)N2CCCC2)c(F)cc1F. The van der Waals surface area contributed by atoms with Crippen molar-refractivity contribution >= 4 is 21.6 Å². The highest BCUT2D eigenvalue weighted by Crippen LogP contribution is 2.20. The van der Waals surface area contributed by atoms with Crippen LogP contribution in [-0.4, -0.2) is 38.9 Å². The number of nitrogens with one attached hydrogen (secondary N) is 1. The zero-order chi connectivity index (χ0) is 15.6. The molecule has 1 aliphatic rings. The van der Waals surface area contributed by atoms with Crippen molar-refractivity contribution < 1.29 is 22.0 Å². The number of nitrogen functional groups attached to an aromatic ring is 1. The Kier molecular flexibility index (Phi) is 4.43. The van der Waals surface area contributed by atoms with Crippen molar-refractivity contribution in [3.8, 4) is 0 Å². The first-order chi connectivity index (χ1) is 9.81. The molecule has 0 aromatic heterocycles. The third-order valence-corrected chi connectivity index (χ3v) is 4.63. The number of likely N-dealkylation sites (tertiary alicyclic amines) is 1. The number of halogens is 2. The van der Waals surface area contributed by atoms with Crippen molar-refractivity contribution in [2.24, 2.45) is 0 Å². The Morgan fingerprint density at radius 3 is 2.48 bits per heavy atom. The van der Waals surface area contributed by atoms with Gasteiger partial charge < -0.3 is 10.6 Å². The van der Waals surface area contributed by atoms with Gasteiger partial charge in [0.1, 0.15) is 16.5 Å². The molecule has 0 saturated carbocycles. The maximum Gasteiger partial charge on any atom is 0.244 e. The monoisotopic (exact) mass is 319 g/mol. The zero-order valence-electron chi connectivity index (χ0n) is 11.1. The van der Waals surface area contributed by atoms with Crippen molar-refractivity contribution in [1.82, 2.24) is 9.62 Å². The third-order valence-electron chi connectivity index (χ3n) is 3.21. The Labute approximate surface area is 121 Å². The van der Waals surface area contributed by atoms with Gasteiger partial charge in [-0.1, -0.05) is 0 Å². The molecule has 0 radical (unpaired) electrons. The van der Waals surface area contributed by atoms with E-state index in [9.17, 15) is 22.0 Å². The molecule has 1 aromatic carbocycles. The predicted molar refractivity (Wildman–Crippen MR) is 71.8 cm³/mol. The Hall–Kier alpha value is -1.74. The van der Waals surface area contributed by atoms with Crippen LogP contribution >= 0.6 is 0 Å². The first-order valence-electron chi connectivity index (χ1n) is 6.33. The van der Waals surface area contributed by atoms with Crippen LogP contribution in [0.25, 0.3) is 0 Å². The van der Waals surface area contributed by atoms with E-state index in [0.717, 1.165) is 12.8 Å². The highest BCUT2D eigenvalue weighted by molar-refractivity contribution is 7.89. The standard InChI is InChI=1S/C12H15F2N3O3S/c13-8-5-9(14)11(6-10(8)15)21(19,20)16-7-12(18)17-3-1-2-4-17/h5-6,16H,1-4,7,15H2. The summed E-state index contributed by atoms with van der Waals surface area (Å²) in [5.41, 5.74) is 4.75. The van der Waals surface area contributed by atoms with E-state index in [2.05, 4.69) is 0 Å². The molecule has 6 nitrogen and oxygen atoms in total. The smallest absolute Gasteiger partial charge is 0.244 e. The molecule has 1 aliphatic heterocycles. The predicted octanol–water partition coefficient (Wildman–Crippen LogP) is 0.448. The van der Waals surface area contributed by atoms with Crippen molar-refractivity contribution in [2.75, 3.05) is 25.4 Å². The second-order valence-electron chi connectivity index (χ2n) is 4.72. The number of nitrogens with zero attached hydrogens (tertiary/aromatic N) is 1. The summed E-state index contributed by atoms with van der Waals surface area (Å²) in [6, 6.07) is 1.08. The Balaban J connectivity index is 2.11. The molecule has 0 atom stereocenters. The molecule has 0 spiro atoms. The number of anilines is 1. The Morgan fingerprint density at radius 2 is 1.86 bits per heavy atom. The number of benzene rings is 1. The minimum absolute atomic E-state index is 0.383. The molecule has 0 aliphatic carbocycles. The molecule has 1 amide bonds. The van der Waals surface area contributed by atoms with E-state index in [1.54, 1.807) is 0 Å². The van der Waals surface area contributed by atoms with Gasteiger partial charge in [0, 0.05) is 19.2 Å². The number of amides is 1. The fourth-order valence-corrected chi connectivity index (χ4v) is 3.13. The largest absolute Gasteiger partial charge is 0.396 e. The summed E-state index contributed by atoms with van der Waals surface area (Å²) >= 11 is 0. The van der Waals surface area contributed by atoms with Crippen LogP contribution in [0.15, 0.2) is 17.0 Å². The van der Waals surface area contributed by atoms with Crippen molar-refractivity contribution in [1.29, 1.82) is 0 Å². The molecular weight excluding hydrogens is 304 g/mol. The van der Waals surface area contributed by atoms with Crippen LogP contribution in [0.1, 0.15) is 12.8 Å². The fraction of sp³-hybridized carbons (Fsp3) is 0.417. The van der Waals surface area contributed by atoms with Crippen LogP contribution in [0.3, 0.4) is 0 Å². The highest BCUT2D eigenvalue weighted by atomic mass is 32.2. The number of rotatable bonds is 4. The summed E-state index contributed by atoms with van der Waals surface area (Å²) in [4.78, 5) is 12.5. The molecule has 3 N–H and O–H groups in total. The average Bonchev–Trinajstić information content (AvgIpc) is 2.94. The lowest BCUT2D eigenvalue weighted by molar-refractivity contribution is -0.128. The summed E-state index contributed by atoms with van der Waals surface area (Å²) in [6.45, 7) is 0.690. The lowest BCUT2D eigenvalue weighted by Crippen LogP contribution is -2.38. The van der Waals surface area contributed by atoms with Gasteiger partial charge in [0.05, 0.1) is 12.2 Å². The van der Waals surface area contributed by atoms with Gasteiger partial charge in [-0.25, -0.2) is 21.9 Å². The second kappa shape index (κ2) is 5.94. The number of carbonyl (C=O) groups is 1. The fourth-order valence-electron chi connectivity index (χ4n) is 2.06. The van der Waals surface area contributed by atoms with E-state index < -0.39 is 38.8 Å². The Bertz CT molecular complexity index is 658. The van der Waals surface area contributed by atoms with Crippen LogP contribution in [0.2, 0.25) is 0 Å². The number of hydrogen-bond acceptors (Lipinski definition) is 4. The summed E-state index contributed by atoms with van der Waals surface area (Å²) in [5.74, 6) is -2.69. The van der Waals surface area contributed by atoms with Gasteiger partial charge >= 0.3 is 0 Å². The number of nitrogens with two attached hydrogens (primary N) is 1. The number of hydrogen-bond donors (Lipinski definition) is 2. The molecule has 116 valence electrons. The maximum absolute atomic E-state index is 13.5. The van der Waals surface area contributed by atoms with Gasteiger partial charge in [-0.05, 0) is 18.9 Å². The number of carbonyl (C=O) groups excluding carboxylic acids is 1. The quantitative estimate of drug-likeness (QED) is 0.788. The molecule has 21 heavy (non-hydrogen) atoms. The summed E-state index contributed by atoms with van der Waals surface area (Å²) in [5, 5.41) is 0. The van der Waals surface area contributed by atoms with Gasteiger partial charge in [-0.3, -0.25) is 4.79 Å². The normalized spacial score (nSPS) is 15.4. The van der Waals surface area contributed by atoms with Gasteiger partial charge in [-0.15, -0.1) is 0 Å². The van der Waals surface area contributed by atoms with Crippen molar-refractivity contribution in [2.45, 2.75) is 17.7 Å². The molecule has 1 fully saturated rings. The van der Waals surface area contributed by atoms with E-state index in [4.69, 9.17) is 5.73 Å². The maximum atomic E-state index is 13.5. The van der Waals surface area contributed by atoms with Gasteiger partial charge in [0.15, 0.2) is 0 Å². The molecular formula is C12H15F2N3O3S. The van der Waals surface area contributed by atoms with E-state index in [-0.39, 0.29) is 5.91 Å². The molecule has 9 heteroatoms. The topological polar surface area (TPSA) is 92.5 Å². The van der Waals surface area contributed by atoms with Crippen LogP contribution < -0.4 is 10.5 Å². The van der Waals surface area contributed by atoms with Crippen LogP contribution in [0.4, 0.5) is 14.5 Å².